The van der Waals surface area contributed by atoms with Gasteiger partial charge in [0.05, 0.1) is 17.2 Å². The summed E-state index contributed by atoms with van der Waals surface area (Å²) in [6, 6.07) is 0.140. The molecule has 0 radical (unpaired) electrons. The zero-order valence-corrected chi connectivity index (χ0v) is 9.60. The van der Waals surface area contributed by atoms with E-state index < -0.39 is 41.2 Å². The van der Waals surface area contributed by atoms with Crippen molar-refractivity contribution in [3.05, 3.63) is 34.9 Å². The van der Waals surface area contributed by atoms with Crippen LogP contribution in [0.2, 0.25) is 0 Å². The Kier molecular flexibility index (Phi) is 3.31. The maximum Gasteiger partial charge on any atom is 0.416 e. The van der Waals surface area contributed by atoms with E-state index in [2.05, 4.69) is 10.1 Å². The summed E-state index contributed by atoms with van der Waals surface area (Å²) in [6.07, 6.45) is -10.8. The molecule has 0 aromatic heterocycles. The molecule has 0 aliphatic carbocycles. The molecule has 1 aliphatic heterocycles. The molecule has 2 rings (SSSR count). The van der Waals surface area contributed by atoms with Crippen molar-refractivity contribution in [3.8, 4) is 0 Å². The van der Waals surface area contributed by atoms with Gasteiger partial charge in [0.1, 0.15) is 6.61 Å². The van der Waals surface area contributed by atoms with Gasteiger partial charge in [-0.15, -0.1) is 0 Å². The van der Waals surface area contributed by atoms with E-state index in [1.165, 1.54) is 0 Å². The smallest absolute Gasteiger partial charge is 0.416 e. The largest absolute Gasteiger partial charge is 0.447 e. The molecule has 1 heterocycles. The number of rotatable bonds is 1. The Morgan fingerprint density at radius 1 is 1.10 bits per heavy atom. The summed E-state index contributed by atoms with van der Waals surface area (Å²) >= 11 is 0. The number of ether oxygens (including phenoxy) is 1. The minimum absolute atomic E-state index is 0.0276. The lowest BCUT2D eigenvalue weighted by Gasteiger charge is -2.18. The molecule has 1 aromatic rings. The molecule has 0 unspecified atom stereocenters. The molecule has 1 N–H and O–H groups in total. The molecule has 0 saturated carbocycles. The summed E-state index contributed by atoms with van der Waals surface area (Å²) in [5.41, 5.74) is -3.31. The van der Waals surface area contributed by atoms with Crippen LogP contribution < -0.4 is 5.32 Å². The Balaban J connectivity index is 2.49. The monoisotopic (exact) mass is 299 g/mol. The molecule has 20 heavy (non-hydrogen) atoms. The fraction of sp³-hybridized carbons (Fsp3) is 0.364. The maximum atomic E-state index is 12.8. The molecule has 0 bridgehead atoms. The molecule has 1 aromatic carbocycles. The predicted octanol–water partition coefficient (Wildman–Crippen LogP) is 3.51. The Morgan fingerprint density at radius 3 is 2.20 bits per heavy atom. The summed E-state index contributed by atoms with van der Waals surface area (Å²) in [4.78, 5) is 10.8. The minimum atomic E-state index is -4.97. The minimum Gasteiger partial charge on any atom is -0.447 e. The molecule has 0 spiro atoms. The van der Waals surface area contributed by atoms with E-state index in [1.54, 1.807) is 0 Å². The van der Waals surface area contributed by atoms with Crippen LogP contribution in [-0.4, -0.2) is 12.7 Å². The fourth-order valence-electron chi connectivity index (χ4n) is 1.83. The number of cyclic esters (lactones) is 1. The van der Waals surface area contributed by atoms with Crippen molar-refractivity contribution in [1.29, 1.82) is 0 Å². The second-order valence-corrected chi connectivity index (χ2v) is 4.09. The number of hydrogen-bond donors (Lipinski definition) is 1. The molecule has 9 heteroatoms. The van der Waals surface area contributed by atoms with E-state index >= 15 is 0 Å². The van der Waals surface area contributed by atoms with Crippen LogP contribution in [0.3, 0.4) is 0 Å². The molecular formula is C11H7F6NO2. The van der Waals surface area contributed by atoms with Gasteiger partial charge < -0.3 is 10.1 Å². The topological polar surface area (TPSA) is 38.3 Å². The normalized spacial score (nSPS) is 19.7. The van der Waals surface area contributed by atoms with Crippen molar-refractivity contribution in [2.75, 3.05) is 6.61 Å². The Hall–Kier alpha value is -1.93. The number of hydrogen-bond acceptors (Lipinski definition) is 2. The van der Waals surface area contributed by atoms with Crippen molar-refractivity contribution < 1.29 is 35.9 Å². The molecule has 110 valence electrons. The average Bonchev–Trinajstić information content (AvgIpc) is 2.72. The number of alkyl carbamates (subject to hydrolysis) is 1. The lowest BCUT2D eigenvalue weighted by molar-refractivity contribution is -0.143. The first-order valence-corrected chi connectivity index (χ1v) is 5.30. The van der Waals surface area contributed by atoms with Crippen LogP contribution in [0.1, 0.15) is 22.7 Å². The van der Waals surface area contributed by atoms with Crippen molar-refractivity contribution >= 4 is 6.09 Å². The van der Waals surface area contributed by atoms with Gasteiger partial charge in [0.25, 0.3) is 0 Å². The van der Waals surface area contributed by atoms with Crippen molar-refractivity contribution in [2.45, 2.75) is 18.4 Å². The van der Waals surface area contributed by atoms with Gasteiger partial charge in [-0.05, 0) is 17.7 Å². The maximum absolute atomic E-state index is 12.8. The first-order valence-electron chi connectivity index (χ1n) is 5.30. The third-order valence-corrected chi connectivity index (χ3v) is 2.73. The summed E-state index contributed by atoms with van der Waals surface area (Å²) in [7, 11) is 0. The van der Waals surface area contributed by atoms with Gasteiger partial charge in [-0.3, -0.25) is 0 Å². The van der Waals surface area contributed by atoms with E-state index in [1.807, 2.05) is 0 Å². The summed E-state index contributed by atoms with van der Waals surface area (Å²) < 4.78 is 80.4. The van der Waals surface area contributed by atoms with Gasteiger partial charge in [0.15, 0.2) is 0 Å². The van der Waals surface area contributed by atoms with Crippen LogP contribution in [-0.2, 0) is 17.1 Å². The van der Waals surface area contributed by atoms with Gasteiger partial charge in [-0.2, -0.15) is 26.3 Å². The molecule has 1 amide bonds. The lowest BCUT2D eigenvalue weighted by atomic mass is 9.98. The number of halogens is 6. The van der Waals surface area contributed by atoms with Crippen LogP contribution in [0.15, 0.2) is 18.2 Å². The summed E-state index contributed by atoms with van der Waals surface area (Å²) in [6.45, 7) is -0.368. The molecule has 1 fully saturated rings. The second-order valence-electron chi connectivity index (χ2n) is 4.09. The van der Waals surface area contributed by atoms with E-state index in [0.717, 1.165) is 0 Å². The quantitative estimate of drug-likeness (QED) is 0.806. The molecule has 1 aliphatic rings. The Morgan fingerprint density at radius 2 is 1.75 bits per heavy atom. The van der Waals surface area contributed by atoms with Gasteiger partial charge in [-0.25, -0.2) is 4.79 Å². The number of carbonyl (C=O) groups is 1. The van der Waals surface area contributed by atoms with Crippen LogP contribution in [0.25, 0.3) is 0 Å². The van der Waals surface area contributed by atoms with Crippen molar-refractivity contribution in [2.24, 2.45) is 0 Å². The molecular weight excluding hydrogens is 292 g/mol. The van der Waals surface area contributed by atoms with Gasteiger partial charge in [0, 0.05) is 0 Å². The number of nitrogens with one attached hydrogen (secondary N) is 1. The average molecular weight is 299 g/mol. The highest BCUT2D eigenvalue weighted by Gasteiger charge is 2.40. The van der Waals surface area contributed by atoms with Gasteiger partial charge in [0.2, 0.25) is 0 Å². The van der Waals surface area contributed by atoms with E-state index in [4.69, 9.17) is 0 Å². The second kappa shape index (κ2) is 4.57. The third-order valence-electron chi connectivity index (χ3n) is 2.73. The molecule has 1 atom stereocenters. The standard InChI is InChI=1S/C11H7F6NO2/c12-10(13,14)5-1-2-6(7(3-5)11(15,16)17)8-4-20-9(19)18-8/h1-3,8H,4H2,(H,18,19)/t8-/m0/s1. The zero-order valence-electron chi connectivity index (χ0n) is 9.60. The third kappa shape index (κ3) is 2.81. The summed E-state index contributed by atoms with van der Waals surface area (Å²) in [5, 5.41) is 2.10. The Labute approximate surface area is 108 Å². The highest BCUT2D eigenvalue weighted by Crippen LogP contribution is 2.39. The highest BCUT2D eigenvalue weighted by atomic mass is 19.4. The first-order chi connectivity index (χ1) is 9.09. The van der Waals surface area contributed by atoms with Crippen LogP contribution >= 0.6 is 0 Å². The van der Waals surface area contributed by atoms with E-state index in [-0.39, 0.29) is 12.7 Å². The number of carbonyl (C=O) groups excluding carboxylic acids is 1. The van der Waals surface area contributed by atoms with Gasteiger partial charge in [-0.1, -0.05) is 6.07 Å². The lowest BCUT2D eigenvalue weighted by Crippen LogP contribution is -2.22. The van der Waals surface area contributed by atoms with Crippen LogP contribution in [0.4, 0.5) is 31.1 Å². The van der Waals surface area contributed by atoms with Crippen molar-refractivity contribution in [3.63, 3.8) is 0 Å². The van der Waals surface area contributed by atoms with E-state index in [9.17, 15) is 31.1 Å². The van der Waals surface area contributed by atoms with Crippen LogP contribution in [0.5, 0.6) is 0 Å². The number of alkyl halides is 6. The first kappa shape index (κ1) is 14.5. The van der Waals surface area contributed by atoms with Gasteiger partial charge >= 0.3 is 18.4 Å². The van der Waals surface area contributed by atoms with E-state index in [0.29, 0.717) is 12.1 Å². The Bertz CT molecular complexity index is 537. The number of benzene rings is 1. The number of amides is 1. The predicted molar refractivity (Wildman–Crippen MR) is 53.7 cm³/mol. The summed E-state index contributed by atoms with van der Waals surface area (Å²) in [5.74, 6) is 0. The zero-order chi connectivity index (χ0) is 15.1. The SMILES string of the molecule is O=C1N[C@H](c2ccc(C(F)(F)F)cc2C(F)(F)F)CO1. The van der Waals surface area contributed by atoms with Crippen molar-refractivity contribution in [1.82, 2.24) is 5.32 Å². The molecule has 1 saturated heterocycles. The molecule has 3 nitrogen and oxygen atoms in total. The fourth-order valence-corrected chi connectivity index (χ4v) is 1.83. The van der Waals surface area contributed by atoms with Crippen LogP contribution in [0, 0.1) is 0 Å². The highest BCUT2D eigenvalue weighted by molar-refractivity contribution is 5.70.